The molecule has 134 valence electrons. The van der Waals surface area contributed by atoms with Crippen molar-refractivity contribution >= 4 is 32.8 Å². The summed E-state index contributed by atoms with van der Waals surface area (Å²) in [5.74, 6) is 0.749. The van der Waals surface area contributed by atoms with Gasteiger partial charge in [-0.1, -0.05) is 15.9 Å². The maximum Gasteiger partial charge on any atom is 0.223 e. The third kappa shape index (κ3) is 3.96. The Balaban J connectivity index is 1.33. The molecule has 1 N–H and O–H groups in total. The lowest BCUT2D eigenvalue weighted by Crippen LogP contribution is -2.40. The van der Waals surface area contributed by atoms with Crippen molar-refractivity contribution in [3.63, 3.8) is 0 Å². The summed E-state index contributed by atoms with van der Waals surface area (Å²) in [5.41, 5.74) is 0.983. The van der Waals surface area contributed by atoms with Crippen LogP contribution in [-0.4, -0.2) is 53.3 Å². The van der Waals surface area contributed by atoms with Crippen molar-refractivity contribution in [1.29, 1.82) is 0 Å². The fourth-order valence-corrected chi connectivity index (χ4v) is 4.50. The molecule has 1 unspecified atom stereocenters. The van der Waals surface area contributed by atoms with Crippen LogP contribution in [-0.2, 0) is 4.74 Å². The molecular formula is C19H25BrN4O. The fraction of sp³-hybridized carbons (Fsp3) is 0.579. The van der Waals surface area contributed by atoms with E-state index < -0.39 is 0 Å². The van der Waals surface area contributed by atoms with E-state index >= 15 is 0 Å². The quantitative estimate of drug-likeness (QED) is 0.838. The zero-order chi connectivity index (χ0) is 17.2. The first-order valence-electron chi connectivity index (χ1n) is 9.17. The number of hydrogen-bond acceptors (Lipinski definition) is 5. The summed E-state index contributed by atoms with van der Waals surface area (Å²) in [6.07, 6.45) is 8.36. The number of aromatic nitrogens is 2. The fourth-order valence-electron chi connectivity index (χ4n) is 4.12. The predicted octanol–water partition coefficient (Wildman–Crippen LogP) is 3.84. The van der Waals surface area contributed by atoms with Gasteiger partial charge in [-0.25, -0.2) is 9.97 Å². The summed E-state index contributed by atoms with van der Waals surface area (Å²) < 4.78 is 6.56. The highest BCUT2D eigenvalue weighted by molar-refractivity contribution is 9.10. The van der Waals surface area contributed by atoms with Crippen LogP contribution in [0.3, 0.4) is 0 Å². The van der Waals surface area contributed by atoms with E-state index in [2.05, 4.69) is 36.1 Å². The molecule has 6 heteroatoms. The largest absolute Gasteiger partial charge is 0.380 e. The van der Waals surface area contributed by atoms with Gasteiger partial charge in [-0.2, -0.15) is 0 Å². The lowest BCUT2D eigenvalue weighted by atomic mass is 9.90. The first-order valence-corrected chi connectivity index (χ1v) is 9.96. The summed E-state index contributed by atoms with van der Waals surface area (Å²) in [7, 11) is 1.83. The molecular weight excluding hydrogens is 380 g/mol. The number of nitrogens with zero attached hydrogens (tertiary/aromatic N) is 3. The highest BCUT2D eigenvalue weighted by Gasteiger charge is 2.31. The van der Waals surface area contributed by atoms with Crippen molar-refractivity contribution in [2.75, 3.05) is 25.5 Å². The summed E-state index contributed by atoms with van der Waals surface area (Å²) in [4.78, 5) is 11.8. The first-order chi connectivity index (χ1) is 12.2. The highest BCUT2D eigenvalue weighted by Crippen LogP contribution is 2.28. The van der Waals surface area contributed by atoms with Crippen molar-refractivity contribution in [2.45, 2.75) is 50.3 Å². The third-order valence-corrected chi connectivity index (χ3v) is 6.09. The van der Waals surface area contributed by atoms with E-state index in [1.165, 1.54) is 38.6 Å². The average Bonchev–Trinajstić information content (AvgIpc) is 3.12. The monoisotopic (exact) mass is 404 g/mol. The Morgan fingerprint density at radius 1 is 1.20 bits per heavy atom. The minimum Gasteiger partial charge on any atom is -0.380 e. The van der Waals surface area contributed by atoms with Gasteiger partial charge in [0.1, 0.15) is 0 Å². The minimum absolute atomic E-state index is 0.432. The Labute approximate surface area is 157 Å². The van der Waals surface area contributed by atoms with Gasteiger partial charge in [0.25, 0.3) is 0 Å². The molecule has 0 bridgehead atoms. The van der Waals surface area contributed by atoms with Gasteiger partial charge in [0.15, 0.2) is 0 Å². The molecule has 2 heterocycles. The molecule has 0 amide bonds. The zero-order valence-electron chi connectivity index (χ0n) is 14.6. The van der Waals surface area contributed by atoms with Crippen molar-refractivity contribution in [3.05, 3.63) is 28.9 Å². The van der Waals surface area contributed by atoms with Gasteiger partial charge < -0.3 is 10.1 Å². The first kappa shape index (κ1) is 17.2. The molecule has 1 aromatic carbocycles. The van der Waals surface area contributed by atoms with Crippen LogP contribution in [0.5, 0.6) is 0 Å². The van der Waals surface area contributed by atoms with Crippen LogP contribution >= 0.6 is 15.9 Å². The molecule has 2 aromatic rings. The van der Waals surface area contributed by atoms with E-state index in [4.69, 9.17) is 4.74 Å². The Kier molecular flexibility index (Phi) is 5.20. The molecule has 2 aliphatic rings. The normalized spacial score (nSPS) is 27.7. The number of nitrogens with one attached hydrogen (secondary N) is 1. The second-order valence-electron chi connectivity index (χ2n) is 7.19. The number of likely N-dealkylation sites (tertiary alicyclic amines) is 1. The second kappa shape index (κ2) is 7.56. The molecule has 1 saturated carbocycles. The molecule has 2 fully saturated rings. The molecule has 0 spiro atoms. The lowest BCUT2D eigenvalue weighted by Gasteiger charge is -2.34. The Morgan fingerprint density at radius 2 is 2.04 bits per heavy atom. The van der Waals surface area contributed by atoms with E-state index in [-0.39, 0.29) is 0 Å². The second-order valence-corrected chi connectivity index (χ2v) is 8.10. The van der Waals surface area contributed by atoms with Crippen molar-refractivity contribution < 1.29 is 4.74 Å². The van der Waals surface area contributed by atoms with Crippen LogP contribution in [0.15, 0.2) is 28.9 Å². The third-order valence-electron chi connectivity index (χ3n) is 5.60. The highest BCUT2D eigenvalue weighted by atomic mass is 79.9. The molecule has 1 aromatic heterocycles. The van der Waals surface area contributed by atoms with Crippen molar-refractivity contribution in [2.24, 2.45) is 0 Å². The van der Waals surface area contributed by atoms with Crippen molar-refractivity contribution in [1.82, 2.24) is 14.9 Å². The van der Waals surface area contributed by atoms with E-state index in [9.17, 15) is 0 Å². The number of fused-ring (bicyclic) bond motifs is 1. The van der Waals surface area contributed by atoms with Crippen molar-refractivity contribution in [3.8, 4) is 0 Å². The van der Waals surface area contributed by atoms with E-state index in [0.29, 0.717) is 18.2 Å². The number of halogens is 1. The lowest BCUT2D eigenvalue weighted by molar-refractivity contribution is 0.0947. The molecule has 4 rings (SSSR count). The Morgan fingerprint density at radius 3 is 2.80 bits per heavy atom. The van der Waals surface area contributed by atoms with Crippen LogP contribution in [0, 0.1) is 0 Å². The number of anilines is 1. The number of ether oxygens (including phenoxy) is 1. The maximum absolute atomic E-state index is 5.50. The van der Waals surface area contributed by atoms with Gasteiger partial charge in [0.05, 0.1) is 11.6 Å². The minimum atomic E-state index is 0.432. The van der Waals surface area contributed by atoms with Crippen LogP contribution in [0.2, 0.25) is 0 Å². The van der Waals surface area contributed by atoms with E-state index in [0.717, 1.165) is 27.9 Å². The Bertz CT molecular complexity index is 732. The van der Waals surface area contributed by atoms with Gasteiger partial charge in [0, 0.05) is 48.3 Å². The summed E-state index contributed by atoms with van der Waals surface area (Å²) >= 11 is 3.49. The van der Waals surface area contributed by atoms with Gasteiger partial charge >= 0.3 is 0 Å². The summed E-state index contributed by atoms with van der Waals surface area (Å²) in [5, 5.41) is 4.60. The summed E-state index contributed by atoms with van der Waals surface area (Å²) in [6, 6.07) is 7.29. The van der Waals surface area contributed by atoms with Crippen LogP contribution in [0.4, 0.5) is 5.95 Å². The van der Waals surface area contributed by atoms with E-state index in [1.807, 2.05) is 31.5 Å². The average molecular weight is 405 g/mol. The Hall–Kier alpha value is -1.24. The molecule has 1 aliphatic carbocycles. The maximum atomic E-state index is 5.50. The zero-order valence-corrected chi connectivity index (χ0v) is 16.2. The van der Waals surface area contributed by atoms with Crippen LogP contribution in [0.1, 0.15) is 32.1 Å². The molecule has 25 heavy (non-hydrogen) atoms. The van der Waals surface area contributed by atoms with Gasteiger partial charge in [-0.15, -0.1) is 0 Å². The standard InChI is InChI=1S/C19H25BrN4O/c1-25-17-8-9-24(12-17)16-5-3-15(4-6-16)22-19-21-11-13-10-14(20)2-7-18(13)23-19/h2,7,10-11,15-17H,3-6,8-9,12H2,1H3,(H,21,22,23). The predicted molar refractivity (Wildman–Crippen MR) is 104 cm³/mol. The molecule has 1 aliphatic heterocycles. The van der Waals surface area contributed by atoms with Crippen LogP contribution < -0.4 is 5.32 Å². The van der Waals surface area contributed by atoms with Gasteiger partial charge in [-0.3, -0.25) is 4.90 Å². The molecule has 1 saturated heterocycles. The topological polar surface area (TPSA) is 50.3 Å². The smallest absolute Gasteiger partial charge is 0.223 e. The number of hydrogen-bond donors (Lipinski definition) is 1. The number of rotatable bonds is 4. The van der Waals surface area contributed by atoms with Gasteiger partial charge in [-0.05, 0) is 50.3 Å². The number of benzene rings is 1. The molecule has 0 radical (unpaired) electrons. The number of methoxy groups -OCH3 is 1. The molecule has 1 atom stereocenters. The van der Waals surface area contributed by atoms with Gasteiger partial charge in [0.2, 0.25) is 5.95 Å². The van der Waals surface area contributed by atoms with E-state index in [1.54, 1.807) is 0 Å². The van der Waals surface area contributed by atoms with Crippen LogP contribution in [0.25, 0.3) is 10.9 Å². The SMILES string of the molecule is COC1CCN(C2CCC(Nc3ncc4cc(Br)ccc4n3)CC2)C1. The summed E-state index contributed by atoms with van der Waals surface area (Å²) in [6.45, 7) is 2.28. The molecule has 5 nitrogen and oxygen atoms in total.